The van der Waals surface area contributed by atoms with Crippen LogP contribution >= 0.6 is 22.9 Å². The number of pyridine rings is 1. The van der Waals surface area contributed by atoms with Gasteiger partial charge < -0.3 is 20.9 Å². The van der Waals surface area contributed by atoms with Crippen molar-refractivity contribution in [1.82, 2.24) is 20.5 Å². The topological polar surface area (TPSA) is 86.4 Å². The van der Waals surface area contributed by atoms with Gasteiger partial charge in [-0.25, -0.2) is 0 Å². The monoisotopic (exact) mass is 571 g/mol. The van der Waals surface area contributed by atoms with Gasteiger partial charge in [0, 0.05) is 17.1 Å². The number of likely N-dealkylation sites (tertiary alicyclic amines) is 1. The quantitative estimate of drug-likeness (QED) is 0.310. The lowest BCUT2D eigenvalue weighted by Crippen LogP contribution is -2.48. The molecule has 3 fully saturated rings. The zero-order chi connectivity index (χ0) is 27.4. The second-order valence-electron chi connectivity index (χ2n) is 11.9. The fraction of sp³-hybridized carbons (Fsp3) is 0.633. The number of anilines is 1. The van der Waals surface area contributed by atoms with Crippen LogP contribution in [0.1, 0.15) is 90.5 Å². The number of halogens is 1. The first-order chi connectivity index (χ1) is 18.8. The van der Waals surface area contributed by atoms with E-state index in [1.165, 1.54) is 37.0 Å². The average Bonchev–Trinajstić information content (AvgIpc) is 3.36. The van der Waals surface area contributed by atoms with Crippen LogP contribution in [0.4, 0.5) is 5.69 Å². The highest BCUT2D eigenvalue weighted by Gasteiger charge is 2.32. The van der Waals surface area contributed by atoms with Crippen molar-refractivity contribution in [3.63, 3.8) is 0 Å². The number of hydrogen-bond acceptors (Lipinski definition) is 6. The molecule has 212 valence electrons. The van der Waals surface area contributed by atoms with Crippen molar-refractivity contribution in [3.8, 4) is 0 Å². The Morgan fingerprint density at radius 3 is 2.51 bits per heavy atom. The molecule has 2 amide bonds. The molecule has 2 saturated carbocycles. The summed E-state index contributed by atoms with van der Waals surface area (Å²) in [7, 11) is 2.18. The summed E-state index contributed by atoms with van der Waals surface area (Å²) >= 11 is 7.80. The van der Waals surface area contributed by atoms with E-state index in [1.807, 2.05) is 19.1 Å². The van der Waals surface area contributed by atoms with E-state index in [0.717, 1.165) is 67.9 Å². The van der Waals surface area contributed by atoms with Gasteiger partial charge in [0.15, 0.2) is 0 Å². The zero-order valence-corrected chi connectivity index (χ0v) is 24.8. The Bertz CT molecular complexity index is 1140. The maximum atomic E-state index is 13.4. The molecule has 0 bridgehead atoms. The molecule has 7 nitrogen and oxygen atoms in total. The summed E-state index contributed by atoms with van der Waals surface area (Å²) in [6.07, 6.45) is 12.5. The molecular formula is C30H42ClN5O2S. The summed E-state index contributed by atoms with van der Waals surface area (Å²) in [6, 6.07) is 5.77. The van der Waals surface area contributed by atoms with Gasteiger partial charge in [0.05, 0.1) is 27.3 Å². The molecule has 3 N–H and O–H groups in total. The van der Waals surface area contributed by atoms with E-state index < -0.39 is 6.04 Å². The number of rotatable bonds is 11. The number of piperidine rings is 1. The molecule has 2 aliphatic carbocycles. The van der Waals surface area contributed by atoms with Crippen LogP contribution in [0.3, 0.4) is 0 Å². The van der Waals surface area contributed by atoms with Crippen molar-refractivity contribution in [2.45, 2.75) is 89.3 Å². The SMILES string of the molecule is Cc1ncc(Cl)cc1NC(CC1CCN(C)CC1)c1ccc(C(=O)N[C@@H](CC2CCCC2)C(=O)NC2CC2)s1. The second-order valence-corrected chi connectivity index (χ2v) is 13.4. The molecule has 1 unspecified atom stereocenters. The van der Waals surface area contributed by atoms with Crippen molar-refractivity contribution >= 4 is 40.4 Å². The molecule has 0 aromatic carbocycles. The van der Waals surface area contributed by atoms with Gasteiger partial charge in [-0.3, -0.25) is 14.6 Å². The largest absolute Gasteiger partial charge is 0.376 e. The predicted octanol–water partition coefficient (Wildman–Crippen LogP) is 5.95. The highest BCUT2D eigenvalue weighted by Crippen LogP contribution is 2.36. The van der Waals surface area contributed by atoms with Crippen molar-refractivity contribution in [3.05, 3.63) is 44.9 Å². The van der Waals surface area contributed by atoms with Crippen LogP contribution in [0.15, 0.2) is 24.4 Å². The van der Waals surface area contributed by atoms with Crippen LogP contribution in [0.2, 0.25) is 5.02 Å². The number of carbonyl (C=O) groups is 2. The Hall–Kier alpha value is -2.16. The minimum Gasteiger partial charge on any atom is -0.376 e. The molecule has 1 saturated heterocycles. The molecule has 5 rings (SSSR count). The van der Waals surface area contributed by atoms with Gasteiger partial charge >= 0.3 is 0 Å². The summed E-state index contributed by atoms with van der Waals surface area (Å²) < 4.78 is 0. The summed E-state index contributed by atoms with van der Waals surface area (Å²) in [5.41, 5.74) is 1.83. The Morgan fingerprint density at radius 2 is 1.79 bits per heavy atom. The molecule has 3 heterocycles. The standard InChI is InChI=1S/C30H42ClN5O2S/c1-19-24(17-22(31)18-32-19)34-25(15-21-11-13-36(2)14-12-21)27-9-10-28(39-27)30(38)35-26(16-20-5-3-4-6-20)29(37)33-23-7-8-23/h9-10,17-18,20-21,23,25-26,34H,3-8,11-16H2,1-2H3,(H,33,37)(H,35,38)/t25?,26-/m0/s1. The van der Waals surface area contributed by atoms with Gasteiger partial charge in [-0.05, 0) is 95.6 Å². The van der Waals surface area contributed by atoms with Crippen LogP contribution in [-0.4, -0.2) is 53.9 Å². The fourth-order valence-electron chi connectivity index (χ4n) is 5.95. The Balaban J connectivity index is 1.30. The van der Waals surface area contributed by atoms with Crippen LogP contribution < -0.4 is 16.0 Å². The number of aromatic nitrogens is 1. The summed E-state index contributed by atoms with van der Waals surface area (Å²) in [4.78, 5) is 35.0. The van der Waals surface area contributed by atoms with Gasteiger partial charge in [-0.15, -0.1) is 11.3 Å². The molecule has 2 aromatic heterocycles. The van der Waals surface area contributed by atoms with Gasteiger partial charge in [-0.1, -0.05) is 37.3 Å². The fourth-order valence-corrected chi connectivity index (χ4v) is 7.08. The highest BCUT2D eigenvalue weighted by atomic mass is 35.5. The molecular weight excluding hydrogens is 530 g/mol. The van der Waals surface area contributed by atoms with E-state index in [9.17, 15) is 9.59 Å². The lowest BCUT2D eigenvalue weighted by atomic mass is 9.89. The first kappa shape index (κ1) is 28.4. The first-order valence-electron chi connectivity index (χ1n) is 14.6. The molecule has 0 spiro atoms. The predicted molar refractivity (Wildman–Crippen MR) is 158 cm³/mol. The highest BCUT2D eigenvalue weighted by molar-refractivity contribution is 7.14. The summed E-state index contributed by atoms with van der Waals surface area (Å²) in [5.74, 6) is 0.934. The minimum atomic E-state index is -0.472. The number of nitrogens with zero attached hydrogens (tertiary/aromatic N) is 2. The molecule has 1 aliphatic heterocycles. The van der Waals surface area contributed by atoms with Crippen LogP contribution in [-0.2, 0) is 4.79 Å². The molecule has 2 atom stereocenters. The average molecular weight is 572 g/mol. The van der Waals surface area contributed by atoms with Crippen molar-refractivity contribution in [1.29, 1.82) is 0 Å². The van der Waals surface area contributed by atoms with Gasteiger partial charge in [0.2, 0.25) is 5.91 Å². The zero-order valence-electron chi connectivity index (χ0n) is 23.2. The van der Waals surface area contributed by atoms with Crippen LogP contribution in [0, 0.1) is 18.8 Å². The molecule has 39 heavy (non-hydrogen) atoms. The normalized spacial score (nSPS) is 20.5. The Labute approximate surface area is 241 Å². The third-order valence-corrected chi connectivity index (χ3v) is 9.98. The third-order valence-electron chi connectivity index (χ3n) is 8.57. The minimum absolute atomic E-state index is 0.0275. The first-order valence-corrected chi connectivity index (χ1v) is 15.8. The summed E-state index contributed by atoms with van der Waals surface area (Å²) in [5, 5.41) is 10.5. The van der Waals surface area contributed by atoms with E-state index in [-0.39, 0.29) is 23.9 Å². The van der Waals surface area contributed by atoms with E-state index in [4.69, 9.17) is 11.6 Å². The number of aryl methyl sites for hydroxylation is 1. The number of carbonyl (C=O) groups excluding carboxylic acids is 2. The van der Waals surface area contributed by atoms with Gasteiger partial charge in [-0.2, -0.15) is 0 Å². The van der Waals surface area contributed by atoms with Gasteiger partial charge in [0.1, 0.15) is 6.04 Å². The van der Waals surface area contributed by atoms with Crippen molar-refractivity contribution in [2.75, 3.05) is 25.5 Å². The van der Waals surface area contributed by atoms with Crippen LogP contribution in [0.5, 0.6) is 0 Å². The smallest absolute Gasteiger partial charge is 0.262 e. The Morgan fingerprint density at radius 1 is 1.08 bits per heavy atom. The number of amides is 2. The second kappa shape index (κ2) is 13.0. The third kappa shape index (κ3) is 7.95. The lowest BCUT2D eigenvalue weighted by molar-refractivity contribution is -0.123. The molecule has 0 radical (unpaired) electrons. The van der Waals surface area contributed by atoms with E-state index in [1.54, 1.807) is 6.20 Å². The van der Waals surface area contributed by atoms with Crippen molar-refractivity contribution in [2.24, 2.45) is 11.8 Å². The maximum Gasteiger partial charge on any atom is 0.262 e. The van der Waals surface area contributed by atoms with Gasteiger partial charge in [0.25, 0.3) is 5.91 Å². The molecule has 9 heteroatoms. The molecule has 3 aliphatic rings. The van der Waals surface area contributed by atoms with E-state index in [2.05, 4.69) is 38.9 Å². The molecule has 2 aromatic rings. The van der Waals surface area contributed by atoms with E-state index >= 15 is 0 Å². The van der Waals surface area contributed by atoms with E-state index in [0.29, 0.717) is 21.7 Å². The maximum absolute atomic E-state index is 13.4. The number of thiophene rings is 1. The summed E-state index contributed by atoms with van der Waals surface area (Å²) in [6.45, 7) is 4.20. The lowest BCUT2D eigenvalue weighted by Gasteiger charge is -2.32. The van der Waals surface area contributed by atoms with Crippen molar-refractivity contribution < 1.29 is 9.59 Å². The number of nitrogens with one attached hydrogen (secondary N) is 3. The number of hydrogen-bond donors (Lipinski definition) is 3. The Kier molecular flexibility index (Phi) is 9.46. The van der Waals surface area contributed by atoms with Crippen LogP contribution in [0.25, 0.3) is 0 Å².